The van der Waals surface area contributed by atoms with Gasteiger partial charge in [0.25, 0.3) is 0 Å². The number of hydrogen-bond donors (Lipinski definition) is 0. The highest BCUT2D eigenvalue weighted by Crippen LogP contribution is 2.04. The van der Waals surface area contributed by atoms with Gasteiger partial charge in [-0.05, 0) is 19.8 Å². The molecule has 0 heterocycles. The molecule has 56 valence electrons. The molecule has 0 fully saturated rings. The molecular formula is C10H16. The number of hydrogen-bond acceptors (Lipinski definition) is 0. The Morgan fingerprint density at radius 3 is 2.80 bits per heavy atom. The van der Waals surface area contributed by atoms with Crippen LogP contribution in [-0.4, -0.2) is 0 Å². The first-order valence-electron chi connectivity index (χ1n) is 3.90. The second-order valence-corrected chi connectivity index (χ2v) is 2.54. The van der Waals surface area contributed by atoms with E-state index in [-0.39, 0.29) is 0 Å². The summed E-state index contributed by atoms with van der Waals surface area (Å²) in [5, 5.41) is 0. The number of rotatable bonds is 4. The Hall–Kier alpha value is -0.700. The Labute approximate surface area is 64.3 Å². The van der Waals surface area contributed by atoms with Crippen molar-refractivity contribution in [2.45, 2.75) is 39.5 Å². The third-order valence-corrected chi connectivity index (χ3v) is 1.45. The van der Waals surface area contributed by atoms with Crippen molar-refractivity contribution in [1.29, 1.82) is 0 Å². The van der Waals surface area contributed by atoms with Crippen LogP contribution in [-0.2, 0) is 0 Å². The second kappa shape index (κ2) is 6.42. The molecule has 0 aliphatic heterocycles. The van der Waals surface area contributed by atoms with E-state index in [4.69, 9.17) is 6.42 Å². The Kier molecular flexibility index (Phi) is 5.97. The Bertz CT molecular complexity index is 135. The van der Waals surface area contributed by atoms with Gasteiger partial charge in [0.1, 0.15) is 0 Å². The standard InChI is InChI=1S/C10H16/c1-4-6-8-10(3)9-7-5-2/h1,9H,5-8H2,2-3H3. The Morgan fingerprint density at radius 1 is 1.60 bits per heavy atom. The molecule has 0 aliphatic rings. The van der Waals surface area contributed by atoms with Crippen molar-refractivity contribution < 1.29 is 0 Å². The largest absolute Gasteiger partial charge is 0.120 e. The van der Waals surface area contributed by atoms with E-state index in [1.807, 2.05) is 0 Å². The maximum Gasteiger partial charge on any atom is 0.0123 e. The van der Waals surface area contributed by atoms with Crippen molar-refractivity contribution in [3.8, 4) is 12.3 Å². The van der Waals surface area contributed by atoms with Crippen LogP contribution in [0.2, 0.25) is 0 Å². The lowest BCUT2D eigenvalue weighted by Crippen LogP contribution is -1.75. The zero-order chi connectivity index (χ0) is 7.82. The molecule has 0 aromatic carbocycles. The molecule has 0 aromatic rings. The predicted molar refractivity (Wildman–Crippen MR) is 46.7 cm³/mol. The van der Waals surface area contributed by atoms with Crippen LogP contribution in [0, 0.1) is 12.3 Å². The fourth-order valence-corrected chi connectivity index (χ4v) is 0.762. The first-order chi connectivity index (χ1) is 4.81. The summed E-state index contributed by atoms with van der Waals surface area (Å²) >= 11 is 0. The topological polar surface area (TPSA) is 0 Å². The van der Waals surface area contributed by atoms with Crippen LogP contribution in [0.5, 0.6) is 0 Å². The quantitative estimate of drug-likeness (QED) is 0.411. The first-order valence-corrected chi connectivity index (χ1v) is 3.90. The van der Waals surface area contributed by atoms with Gasteiger partial charge in [-0.15, -0.1) is 12.3 Å². The fourth-order valence-electron chi connectivity index (χ4n) is 0.762. The molecule has 0 aromatic heterocycles. The van der Waals surface area contributed by atoms with Gasteiger partial charge in [-0.1, -0.05) is 25.0 Å². The van der Waals surface area contributed by atoms with Crippen molar-refractivity contribution >= 4 is 0 Å². The molecule has 0 saturated heterocycles. The van der Waals surface area contributed by atoms with E-state index in [1.165, 1.54) is 18.4 Å². The van der Waals surface area contributed by atoms with E-state index in [9.17, 15) is 0 Å². The van der Waals surface area contributed by atoms with Crippen LogP contribution in [0.4, 0.5) is 0 Å². The number of unbranched alkanes of at least 4 members (excludes halogenated alkanes) is 1. The van der Waals surface area contributed by atoms with E-state index in [0.717, 1.165) is 12.8 Å². The van der Waals surface area contributed by atoms with Gasteiger partial charge in [-0.2, -0.15) is 0 Å². The lowest BCUT2D eigenvalue weighted by molar-refractivity contribution is 0.918. The van der Waals surface area contributed by atoms with Crippen molar-refractivity contribution in [2.75, 3.05) is 0 Å². The first kappa shape index (κ1) is 9.30. The third-order valence-electron chi connectivity index (χ3n) is 1.45. The predicted octanol–water partition coefficient (Wildman–Crippen LogP) is 3.15. The lowest BCUT2D eigenvalue weighted by atomic mass is 10.1. The summed E-state index contributed by atoms with van der Waals surface area (Å²) in [5.41, 5.74) is 1.43. The molecule has 0 spiro atoms. The van der Waals surface area contributed by atoms with Crippen molar-refractivity contribution in [1.82, 2.24) is 0 Å². The lowest BCUT2D eigenvalue weighted by Gasteiger charge is -1.94. The van der Waals surface area contributed by atoms with E-state index in [1.54, 1.807) is 0 Å². The van der Waals surface area contributed by atoms with E-state index in [2.05, 4.69) is 25.8 Å². The number of allylic oxidation sites excluding steroid dienone is 2. The van der Waals surface area contributed by atoms with Gasteiger partial charge in [0.2, 0.25) is 0 Å². The van der Waals surface area contributed by atoms with Gasteiger partial charge < -0.3 is 0 Å². The second-order valence-electron chi connectivity index (χ2n) is 2.54. The van der Waals surface area contributed by atoms with Gasteiger partial charge in [0.05, 0.1) is 0 Å². The molecule has 0 amide bonds. The average molecular weight is 136 g/mol. The van der Waals surface area contributed by atoms with Crippen LogP contribution < -0.4 is 0 Å². The summed E-state index contributed by atoms with van der Waals surface area (Å²) in [6, 6.07) is 0. The van der Waals surface area contributed by atoms with Crippen molar-refractivity contribution in [2.24, 2.45) is 0 Å². The minimum absolute atomic E-state index is 0.881. The molecule has 0 atom stereocenters. The molecule has 0 unspecified atom stereocenters. The Balaban J connectivity index is 3.41. The number of terminal acetylenes is 1. The average Bonchev–Trinajstić information content (AvgIpc) is 1.97. The maximum atomic E-state index is 5.13. The summed E-state index contributed by atoms with van der Waals surface area (Å²) in [4.78, 5) is 0. The molecule has 0 N–H and O–H groups in total. The molecule has 10 heavy (non-hydrogen) atoms. The van der Waals surface area contributed by atoms with Gasteiger partial charge in [-0.3, -0.25) is 0 Å². The smallest absolute Gasteiger partial charge is 0.0123 e. The highest BCUT2D eigenvalue weighted by Gasteiger charge is 1.85. The molecule has 0 heteroatoms. The third kappa shape index (κ3) is 5.44. The van der Waals surface area contributed by atoms with Crippen LogP contribution in [0.15, 0.2) is 11.6 Å². The summed E-state index contributed by atoms with van der Waals surface area (Å²) < 4.78 is 0. The molecular weight excluding hydrogens is 120 g/mol. The summed E-state index contributed by atoms with van der Waals surface area (Å²) in [6.07, 6.45) is 11.8. The molecule has 0 nitrogen and oxygen atoms in total. The van der Waals surface area contributed by atoms with E-state index < -0.39 is 0 Å². The maximum absolute atomic E-state index is 5.13. The van der Waals surface area contributed by atoms with Gasteiger partial charge in [-0.25, -0.2) is 0 Å². The van der Waals surface area contributed by atoms with Crippen LogP contribution in [0.3, 0.4) is 0 Å². The highest BCUT2D eigenvalue weighted by molar-refractivity contribution is 5.01. The van der Waals surface area contributed by atoms with Crippen molar-refractivity contribution in [3.63, 3.8) is 0 Å². The van der Waals surface area contributed by atoms with E-state index in [0.29, 0.717) is 0 Å². The molecule has 0 saturated carbocycles. The SMILES string of the molecule is C#CCCC(C)=CCCC. The van der Waals surface area contributed by atoms with Gasteiger partial charge >= 0.3 is 0 Å². The zero-order valence-electron chi connectivity index (χ0n) is 6.98. The van der Waals surface area contributed by atoms with Crippen LogP contribution in [0.1, 0.15) is 39.5 Å². The molecule has 0 aliphatic carbocycles. The monoisotopic (exact) mass is 136 g/mol. The zero-order valence-corrected chi connectivity index (χ0v) is 6.98. The molecule has 0 radical (unpaired) electrons. The summed E-state index contributed by atoms with van der Waals surface area (Å²) in [5.74, 6) is 2.63. The minimum atomic E-state index is 0.881. The Morgan fingerprint density at radius 2 is 2.30 bits per heavy atom. The van der Waals surface area contributed by atoms with Gasteiger partial charge in [0.15, 0.2) is 0 Å². The van der Waals surface area contributed by atoms with Crippen LogP contribution >= 0.6 is 0 Å². The molecule has 0 rings (SSSR count). The summed E-state index contributed by atoms with van der Waals surface area (Å²) in [7, 11) is 0. The van der Waals surface area contributed by atoms with Crippen molar-refractivity contribution in [3.05, 3.63) is 11.6 Å². The highest BCUT2D eigenvalue weighted by atomic mass is 13.9. The van der Waals surface area contributed by atoms with Gasteiger partial charge in [0, 0.05) is 6.42 Å². The van der Waals surface area contributed by atoms with E-state index >= 15 is 0 Å². The molecule has 0 bridgehead atoms. The van der Waals surface area contributed by atoms with Crippen LogP contribution in [0.25, 0.3) is 0 Å². The summed E-state index contributed by atoms with van der Waals surface area (Å²) in [6.45, 7) is 4.33. The fraction of sp³-hybridized carbons (Fsp3) is 0.600. The normalized spacial score (nSPS) is 11.1. The minimum Gasteiger partial charge on any atom is -0.120 e.